The van der Waals surface area contributed by atoms with E-state index in [1.165, 1.54) is 10.5 Å². The normalized spacial score (nSPS) is 21.7. The second-order valence-corrected chi connectivity index (χ2v) is 13.7. The number of likely N-dealkylation sites (tertiary alicyclic amines) is 2. The van der Waals surface area contributed by atoms with Gasteiger partial charge in [-0.05, 0) is 74.5 Å². The zero-order chi connectivity index (χ0) is 35.5. The second-order valence-electron chi connectivity index (χ2n) is 13.7. The Kier molecular flexibility index (Phi) is 10.9. The maximum atomic E-state index is 13.9. The van der Waals surface area contributed by atoms with Crippen molar-refractivity contribution in [3.8, 4) is 0 Å². The molecule has 3 saturated heterocycles. The summed E-state index contributed by atoms with van der Waals surface area (Å²) in [5.74, 6) is -1.32. The summed E-state index contributed by atoms with van der Waals surface area (Å²) < 4.78 is 81.6. The second kappa shape index (κ2) is 15.1. The number of piperidine rings is 2. The lowest BCUT2D eigenvalue weighted by atomic mass is 9.85. The van der Waals surface area contributed by atoms with E-state index in [-0.39, 0.29) is 31.4 Å². The highest BCUT2D eigenvalue weighted by atomic mass is 19.4. The third kappa shape index (κ3) is 8.69. The molecule has 12 heteroatoms. The number of nitrogens with zero attached hydrogens (tertiary/aromatic N) is 4. The molecule has 0 bridgehead atoms. The Bertz CT molecular complexity index is 1570. The maximum Gasteiger partial charge on any atom is 0.416 e. The molecule has 3 aliphatic heterocycles. The van der Waals surface area contributed by atoms with Crippen molar-refractivity contribution in [2.45, 2.75) is 63.1 Å². The van der Waals surface area contributed by atoms with E-state index in [1.54, 1.807) is 0 Å². The molecule has 2 amide bonds. The number of carbonyl (C=O) groups is 2. The third-order valence-corrected chi connectivity index (χ3v) is 10.4. The first-order chi connectivity index (χ1) is 23.8. The molecule has 0 saturated carbocycles. The predicted octanol–water partition coefficient (Wildman–Crippen LogP) is 7.00. The topological polar surface area (TPSA) is 47.1 Å². The van der Waals surface area contributed by atoms with E-state index < -0.39 is 46.9 Å². The summed E-state index contributed by atoms with van der Waals surface area (Å²) in [6, 6.07) is 20.5. The van der Waals surface area contributed by atoms with Crippen molar-refractivity contribution in [3.63, 3.8) is 0 Å². The molecule has 3 aromatic carbocycles. The molecule has 50 heavy (non-hydrogen) atoms. The number of rotatable bonds is 7. The van der Waals surface area contributed by atoms with Gasteiger partial charge in [-0.2, -0.15) is 26.3 Å². The number of halogens is 6. The van der Waals surface area contributed by atoms with E-state index in [0.717, 1.165) is 51.1 Å². The number of carbonyl (C=O) groups excluding carboxylic acids is 2. The van der Waals surface area contributed by atoms with Crippen LogP contribution in [-0.2, 0) is 30.1 Å². The standard InChI is InChI=1S/C38H42F6N4O2/c39-37(40,41)31-22-30(23-32(25-31)38(42,43)44)36(50)48-16-11-29(24-34(48)21-27-7-3-1-4-8-27)35(49)47-19-17-46(18-20-47)33-12-14-45(15-13-33)26-28-9-5-2-6-10-28/h1-10,22-23,25,29,33-34H,11-21,24,26H2. The molecule has 0 N–H and O–H groups in total. The average molecular weight is 701 g/mol. The Balaban J connectivity index is 1.10. The fraction of sp³-hybridized carbons (Fsp3) is 0.474. The predicted molar refractivity (Wildman–Crippen MR) is 177 cm³/mol. The fourth-order valence-corrected chi connectivity index (χ4v) is 7.72. The van der Waals surface area contributed by atoms with E-state index in [4.69, 9.17) is 0 Å². The van der Waals surface area contributed by atoms with Crippen LogP contribution in [0, 0.1) is 5.92 Å². The summed E-state index contributed by atoms with van der Waals surface area (Å²) in [5, 5.41) is 0. The monoisotopic (exact) mass is 700 g/mol. The van der Waals surface area contributed by atoms with Gasteiger partial charge < -0.3 is 9.80 Å². The SMILES string of the molecule is O=C(C1CCN(C(=O)c2cc(C(F)(F)F)cc(C(F)(F)F)c2)C(Cc2ccccc2)C1)N1CCN(C2CCN(Cc3ccccc3)CC2)CC1. The number of hydrogen-bond donors (Lipinski definition) is 0. The van der Waals surface area contributed by atoms with Crippen molar-refractivity contribution >= 4 is 11.8 Å². The van der Waals surface area contributed by atoms with Crippen molar-refractivity contribution in [2.75, 3.05) is 45.8 Å². The van der Waals surface area contributed by atoms with Gasteiger partial charge in [-0.25, -0.2) is 0 Å². The van der Waals surface area contributed by atoms with Gasteiger partial charge in [-0.1, -0.05) is 60.7 Å². The maximum absolute atomic E-state index is 13.9. The smallest absolute Gasteiger partial charge is 0.340 e. The number of hydrogen-bond acceptors (Lipinski definition) is 4. The molecule has 0 aromatic heterocycles. The molecular formula is C38H42F6N4O2. The lowest BCUT2D eigenvalue weighted by Crippen LogP contribution is -2.56. The summed E-state index contributed by atoms with van der Waals surface area (Å²) in [5.41, 5.74) is -1.57. The molecule has 0 radical (unpaired) electrons. The molecule has 0 aliphatic carbocycles. The molecule has 3 aliphatic rings. The van der Waals surface area contributed by atoms with Gasteiger partial charge in [-0.15, -0.1) is 0 Å². The van der Waals surface area contributed by atoms with E-state index in [9.17, 15) is 35.9 Å². The molecular weight excluding hydrogens is 658 g/mol. The number of piperazine rings is 1. The largest absolute Gasteiger partial charge is 0.416 e. The molecule has 3 fully saturated rings. The first kappa shape index (κ1) is 35.9. The Labute approximate surface area is 288 Å². The average Bonchev–Trinajstić information content (AvgIpc) is 3.11. The van der Waals surface area contributed by atoms with Crippen LogP contribution in [0.2, 0.25) is 0 Å². The van der Waals surface area contributed by atoms with Crippen LogP contribution < -0.4 is 0 Å². The zero-order valence-corrected chi connectivity index (χ0v) is 27.8. The van der Waals surface area contributed by atoms with Crippen LogP contribution in [0.25, 0.3) is 0 Å². The van der Waals surface area contributed by atoms with Crippen molar-refractivity contribution in [2.24, 2.45) is 5.92 Å². The Morgan fingerprint density at radius 2 is 1.22 bits per heavy atom. The summed E-state index contributed by atoms with van der Waals surface area (Å²) >= 11 is 0. The van der Waals surface area contributed by atoms with Gasteiger partial charge in [0.15, 0.2) is 0 Å². The van der Waals surface area contributed by atoms with Crippen LogP contribution in [0.3, 0.4) is 0 Å². The van der Waals surface area contributed by atoms with Gasteiger partial charge in [0, 0.05) is 62.8 Å². The molecule has 268 valence electrons. The molecule has 3 heterocycles. The zero-order valence-electron chi connectivity index (χ0n) is 27.8. The molecule has 3 aromatic rings. The molecule has 6 rings (SSSR count). The van der Waals surface area contributed by atoms with Crippen molar-refractivity contribution < 1.29 is 35.9 Å². The van der Waals surface area contributed by atoms with Gasteiger partial charge in [-0.3, -0.25) is 19.4 Å². The van der Waals surface area contributed by atoms with Gasteiger partial charge >= 0.3 is 12.4 Å². The van der Waals surface area contributed by atoms with Crippen molar-refractivity contribution in [3.05, 3.63) is 107 Å². The summed E-state index contributed by atoms with van der Waals surface area (Å²) in [7, 11) is 0. The van der Waals surface area contributed by atoms with Crippen LogP contribution >= 0.6 is 0 Å². The number of alkyl halides is 6. The highest BCUT2D eigenvalue weighted by Gasteiger charge is 2.41. The van der Waals surface area contributed by atoms with E-state index in [1.807, 2.05) is 41.3 Å². The third-order valence-electron chi connectivity index (χ3n) is 10.4. The molecule has 2 atom stereocenters. The van der Waals surface area contributed by atoms with Gasteiger partial charge in [0.1, 0.15) is 0 Å². The van der Waals surface area contributed by atoms with Crippen molar-refractivity contribution in [1.29, 1.82) is 0 Å². The summed E-state index contributed by atoms with van der Waals surface area (Å²) in [6.07, 6.45) is -7.12. The first-order valence-electron chi connectivity index (χ1n) is 17.3. The number of amides is 2. The molecule has 6 nitrogen and oxygen atoms in total. The van der Waals surface area contributed by atoms with Crippen molar-refractivity contribution in [1.82, 2.24) is 19.6 Å². The lowest BCUT2D eigenvalue weighted by Gasteiger charge is -2.45. The van der Waals surface area contributed by atoms with Crippen LogP contribution in [0.5, 0.6) is 0 Å². The van der Waals surface area contributed by atoms with E-state index in [0.29, 0.717) is 37.7 Å². The minimum absolute atomic E-state index is 0.00841. The quantitative estimate of drug-likeness (QED) is 0.250. The molecule has 2 unspecified atom stereocenters. The first-order valence-corrected chi connectivity index (χ1v) is 17.3. The van der Waals surface area contributed by atoms with Gasteiger partial charge in [0.05, 0.1) is 11.1 Å². The van der Waals surface area contributed by atoms with E-state index >= 15 is 0 Å². The Morgan fingerprint density at radius 1 is 0.660 bits per heavy atom. The minimum atomic E-state index is -5.07. The highest BCUT2D eigenvalue weighted by molar-refractivity contribution is 5.95. The van der Waals surface area contributed by atoms with Crippen LogP contribution in [0.4, 0.5) is 26.3 Å². The molecule has 0 spiro atoms. The van der Waals surface area contributed by atoms with Crippen LogP contribution in [0.1, 0.15) is 58.3 Å². The van der Waals surface area contributed by atoms with Crippen LogP contribution in [-0.4, -0.2) is 89.3 Å². The lowest BCUT2D eigenvalue weighted by molar-refractivity contribution is -0.143. The highest BCUT2D eigenvalue weighted by Crippen LogP contribution is 2.37. The summed E-state index contributed by atoms with van der Waals surface area (Å²) in [6.45, 7) is 5.78. The van der Waals surface area contributed by atoms with Crippen LogP contribution in [0.15, 0.2) is 78.9 Å². The Morgan fingerprint density at radius 3 is 1.78 bits per heavy atom. The summed E-state index contributed by atoms with van der Waals surface area (Å²) in [4.78, 5) is 35.8. The Hall–Kier alpha value is -3.90. The van der Waals surface area contributed by atoms with E-state index in [2.05, 4.69) is 34.1 Å². The van der Waals surface area contributed by atoms with Gasteiger partial charge in [0.2, 0.25) is 5.91 Å². The van der Waals surface area contributed by atoms with Gasteiger partial charge in [0.25, 0.3) is 5.91 Å². The minimum Gasteiger partial charge on any atom is -0.340 e. The number of benzene rings is 3. The fourth-order valence-electron chi connectivity index (χ4n) is 7.72.